The van der Waals surface area contributed by atoms with Crippen molar-refractivity contribution < 1.29 is 33.6 Å². The Bertz CT molecular complexity index is 880. The van der Waals surface area contributed by atoms with Gasteiger partial charge in [0.05, 0.1) is 6.10 Å². The van der Waals surface area contributed by atoms with Gasteiger partial charge in [-0.25, -0.2) is 4.79 Å². The molecule has 0 radical (unpaired) electrons. The van der Waals surface area contributed by atoms with Gasteiger partial charge in [-0.15, -0.1) is 0 Å². The third-order valence-corrected chi connectivity index (χ3v) is 8.97. The van der Waals surface area contributed by atoms with Crippen molar-refractivity contribution in [1.29, 1.82) is 0 Å². The molecule has 0 amide bonds. The number of aliphatic hydroxyl groups excluding tert-OH is 1. The average molecular weight is 374 g/mol. The van der Waals surface area contributed by atoms with Gasteiger partial charge in [-0.05, 0) is 30.8 Å². The Morgan fingerprint density at radius 3 is 2.81 bits per heavy atom. The fraction of sp³-hybridized carbons (Fsp3) is 0.800. The Labute approximate surface area is 156 Å². The summed E-state index contributed by atoms with van der Waals surface area (Å²) in [5, 5.41) is 9.69. The molecule has 144 valence electrons. The molecule has 3 saturated heterocycles. The fourth-order valence-electron chi connectivity index (χ4n) is 7.44. The van der Waals surface area contributed by atoms with Gasteiger partial charge < -0.3 is 24.1 Å². The van der Waals surface area contributed by atoms with Gasteiger partial charge in [-0.3, -0.25) is 4.79 Å². The largest absolute Gasteiger partial charge is 0.458 e. The molecule has 0 unspecified atom stereocenters. The average Bonchev–Trinajstić information content (AvgIpc) is 3.54. The van der Waals surface area contributed by atoms with Gasteiger partial charge in [0.15, 0.2) is 11.2 Å². The Hall–Kier alpha value is -1.28. The summed E-state index contributed by atoms with van der Waals surface area (Å²) >= 11 is 0. The minimum atomic E-state index is -0.955. The van der Waals surface area contributed by atoms with Crippen LogP contribution in [0.3, 0.4) is 0 Å². The number of cyclic esters (lactones) is 1. The Morgan fingerprint density at radius 2 is 2.04 bits per heavy atom. The molecule has 0 aromatic carbocycles. The molecule has 9 atom stereocenters. The van der Waals surface area contributed by atoms with Crippen molar-refractivity contribution in [3.8, 4) is 0 Å². The van der Waals surface area contributed by atoms with Crippen LogP contribution in [0.1, 0.15) is 33.1 Å². The van der Waals surface area contributed by atoms with Gasteiger partial charge in [0, 0.05) is 23.5 Å². The van der Waals surface area contributed by atoms with E-state index in [9.17, 15) is 14.7 Å². The fourth-order valence-corrected chi connectivity index (χ4v) is 7.44. The second-order valence-electron chi connectivity index (χ2n) is 9.65. The first-order valence-corrected chi connectivity index (χ1v) is 9.96. The predicted octanol–water partition coefficient (Wildman–Crippen LogP) is 0.284. The SMILES string of the molecule is C[C@H](CO)[C@]12O[C@H]1[C@@H]1O[C@@]13[C@@]1(C)CCC4=C(COC4=O)[C@@H]1C[C@@H]1O[C@@]13C2=O. The molecule has 0 bridgehead atoms. The highest BCUT2D eigenvalue weighted by Crippen LogP contribution is 2.81. The molecule has 1 N–H and O–H groups in total. The molecule has 0 aromatic heterocycles. The number of rotatable bonds is 2. The summed E-state index contributed by atoms with van der Waals surface area (Å²) in [5.74, 6) is -0.359. The van der Waals surface area contributed by atoms with Crippen molar-refractivity contribution in [2.45, 2.75) is 68.2 Å². The maximum Gasteiger partial charge on any atom is 0.334 e. The van der Waals surface area contributed by atoms with Crippen molar-refractivity contribution in [1.82, 2.24) is 0 Å². The first-order valence-electron chi connectivity index (χ1n) is 9.96. The molecule has 7 heteroatoms. The van der Waals surface area contributed by atoms with Crippen LogP contribution >= 0.6 is 0 Å². The van der Waals surface area contributed by atoms with E-state index in [0.717, 1.165) is 17.6 Å². The number of aliphatic hydroxyl groups is 1. The van der Waals surface area contributed by atoms with Crippen LogP contribution in [0.2, 0.25) is 0 Å². The van der Waals surface area contributed by atoms with Crippen LogP contribution in [-0.2, 0) is 28.5 Å². The summed E-state index contributed by atoms with van der Waals surface area (Å²) in [6.45, 7) is 4.31. The third-order valence-electron chi connectivity index (χ3n) is 8.97. The van der Waals surface area contributed by atoms with Crippen LogP contribution in [-0.4, -0.2) is 65.2 Å². The molecule has 2 saturated carbocycles. The Morgan fingerprint density at radius 1 is 1.22 bits per heavy atom. The number of fused-ring (bicyclic) bond motifs is 4. The second-order valence-corrected chi connectivity index (χ2v) is 9.65. The van der Waals surface area contributed by atoms with E-state index in [0.29, 0.717) is 19.4 Å². The van der Waals surface area contributed by atoms with E-state index in [4.69, 9.17) is 18.9 Å². The molecular weight excluding hydrogens is 352 g/mol. The van der Waals surface area contributed by atoms with E-state index in [-0.39, 0.29) is 53.9 Å². The number of esters is 1. The number of hydrogen-bond donors (Lipinski definition) is 1. The van der Waals surface area contributed by atoms with Gasteiger partial charge in [-0.1, -0.05) is 13.8 Å². The van der Waals surface area contributed by atoms with Gasteiger partial charge >= 0.3 is 5.97 Å². The highest BCUT2D eigenvalue weighted by Gasteiger charge is 3.01. The molecule has 7 nitrogen and oxygen atoms in total. The lowest BCUT2D eigenvalue weighted by Gasteiger charge is -2.51. The number of ketones is 1. The zero-order valence-electron chi connectivity index (χ0n) is 15.3. The standard InChI is InChI=1S/C20H22O7/c1-8(6-21)18-13(26-18)14-20(27-14)17(2)4-3-9-10(7-24-15(9)22)11(17)5-12-19(20,25-12)16(18)23/h8,11-14,21H,3-7H2,1-2H3/t8-,11+,12+,13+,14+,17+,18+,19-,20-/m1/s1. The maximum atomic E-state index is 13.7. The summed E-state index contributed by atoms with van der Waals surface area (Å²) < 4.78 is 23.9. The number of epoxide rings is 3. The molecule has 4 heterocycles. The van der Waals surface area contributed by atoms with E-state index in [1.54, 1.807) is 0 Å². The lowest BCUT2D eigenvalue weighted by molar-refractivity contribution is -0.140. The molecule has 5 fully saturated rings. The van der Waals surface area contributed by atoms with Crippen LogP contribution in [0.5, 0.6) is 0 Å². The van der Waals surface area contributed by atoms with Crippen molar-refractivity contribution in [3.05, 3.63) is 11.1 Å². The molecule has 27 heavy (non-hydrogen) atoms. The zero-order chi connectivity index (χ0) is 18.6. The van der Waals surface area contributed by atoms with E-state index >= 15 is 0 Å². The molecule has 7 rings (SSSR count). The zero-order valence-corrected chi connectivity index (χ0v) is 15.3. The smallest absolute Gasteiger partial charge is 0.334 e. The maximum absolute atomic E-state index is 13.7. The van der Waals surface area contributed by atoms with Crippen LogP contribution in [0.15, 0.2) is 11.1 Å². The molecule has 7 aliphatic rings. The van der Waals surface area contributed by atoms with Gasteiger partial charge in [-0.2, -0.15) is 0 Å². The minimum absolute atomic E-state index is 0.0292. The third kappa shape index (κ3) is 1.26. The second kappa shape index (κ2) is 4.03. The number of hydrogen-bond acceptors (Lipinski definition) is 7. The Kier molecular flexibility index (Phi) is 2.33. The number of carbonyl (C=O) groups excluding carboxylic acids is 2. The summed E-state index contributed by atoms with van der Waals surface area (Å²) in [5.41, 5.74) is -0.940. The van der Waals surface area contributed by atoms with E-state index in [1.165, 1.54) is 0 Å². The molecule has 4 aliphatic heterocycles. The molecular formula is C20H22O7. The quantitative estimate of drug-likeness (QED) is 0.547. The van der Waals surface area contributed by atoms with Gasteiger partial charge in [0.2, 0.25) is 5.78 Å². The summed E-state index contributed by atoms with van der Waals surface area (Å²) in [6.07, 6.45) is 1.48. The Balaban J connectivity index is 1.37. The first-order chi connectivity index (χ1) is 12.9. The molecule has 2 spiro atoms. The van der Waals surface area contributed by atoms with Gasteiger partial charge in [0.25, 0.3) is 0 Å². The van der Waals surface area contributed by atoms with Crippen LogP contribution in [0.25, 0.3) is 0 Å². The van der Waals surface area contributed by atoms with Crippen LogP contribution in [0, 0.1) is 17.3 Å². The lowest BCUT2D eigenvalue weighted by Crippen LogP contribution is -2.67. The van der Waals surface area contributed by atoms with Crippen molar-refractivity contribution in [2.75, 3.05) is 13.2 Å². The summed E-state index contributed by atoms with van der Waals surface area (Å²) in [6, 6.07) is 0. The molecule has 3 aliphatic carbocycles. The highest BCUT2D eigenvalue weighted by molar-refractivity contribution is 6.05. The van der Waals surface area contributed by atoms with Gasteiger partial charge in [0.1, 0.15) is 24.4 Å². The highest BCUT2D eigenvalue weighted by atomic mass is 16.7. The van der Waals surface area contributed by atoms with E-state index in [1.807, 2.05) is 6.92 Å². The summed E-state index contributed by atoms with van der Waals surface area (Å²) in [4.78, 5) is 25.8. The molecule has 0 aromatic rings. The topological polar surface area (TPSA) is 101 Å². The number of ether oxygens (including phenoxy) is 4. The van der Waals surface area contributed by atoms with Crippen molar-refractivity contribution >= 4 is 11.8 Å². The lowest BCUT2D eigenvalue weighted by atomic mass is 9.47. The number of carbonyl (C=O) groups is 2. The van der Waals surface area contributed by atoms with E-state index in [2.05, 4.69) is 6.92 Å². The van der Waals surface area contributed by atoms with E-state index < -0.39 is 16.8 Å². The van der Waals surface area contributed by atoms with Crippen molar-refractivity contribution in [2.24, 2.45) is 17.3 Å². The predicted molar refractivity (Wildman–Crippen MR) is 87.5 cm³/mol. The first kappa shape index (κ1) is 15.6. The van der Waals surface area contributed by atoms with Crippen LogP contribution < -0.4 is 0 Å². The summed E-state index contributed by atoms with van der Waals surface area (Å²) in [7, 11) is 0. The normalized spacial score (nSPS) is 59.5. The van der Waals surface area contributed by atoms with Crippen molar-refractivity contribution in [3.63, 3.8) is 0 Å². The number of Topliss-reactive ketones (excluding diaryl/α,β-unsaturated/α-hetero) is 1. The minimum Gasteiger partial charge on any atom is -0.458 e. The monoisotopic (exact) mass is 374 g/mol. The van der Waals surface area contributed by atoms with Crippen LogP contribution in [0.4, 0.5) is 0 Å².